The SMILES string of the molecule is COc1ccc(-c2[nH]c3ccc(N4CCC(N5CCN(C(C)C)CC5)CC4)cc3c2C(C)C)cc1OC. The summed E-state index contributed by atoms with van der Waals surface area (Å²) in [5, 5.41) is 1.32. The minimum Gasteiger partial charge on any atom is -0.493 e. The Labute approximate surface area is 222 Å². The Morgan fingerprint density at radius 3 is 2.14 bits per heavy atom. The summed E-state index contributed by atoms with van der Waals surface area (Å²) >= 11 is 0. The van der Waals surface area contributed by atoms with Crippen LogP contribution >= 0.6 is 0 Å². The number of benzene rings is 2. The molecule has 0 aliphatic carbocycles. The molecule has 0 atom stereocenters. The van der Waals surface area contributed by atoms with Gasteiger partial charge in [-0.25, -0.2) is 0 Å². The normalized spacial score (nSPS) is 18.3. The van der Waals surface area contributed by atoms with Gasteiger partial charge in [0.25, 0.3) is 0 Å². The molecular weight excluding hydrogens is 460 g/mol. The number of aromatic nitrogens is 1. The number of nitrogens with one attached hydrogen (secondary N) is 1. The first-order valence-electron chi connectivity index (χ1n) is 14.0. The second-order valence-electron chi connectivity index (χ2n) is 11.3. The van der Waals surface area contributed by atoms with Crippen molar-refractivity contribution in [1.29, 1.82) is 0 Å². The Bertz CT molecular complexity index is 1200. The summed E-state index contributed by atoms with van der Waals surface area (Å²) in [4.78, 5) is 11.7. The maximum atomic E-state index is 5.59. The lowest BCUT2D eigenvalue weighted by Crippen LogP contribution is -2.54. The number of aromatic amines is 1. The number of anilines is 1. The van der Waals surface area contributed by atoms with Crippen LogP contribution in [0.3, 0.4) is 0 Å². The molecular formula is C31H44N4O2. The standard InChI is InChI=1S/C31H44N4O2/c1-21(2)30-26-20-25(34-13-11-24(12-14-34)35-17-15-33(16-18-35)22(3)4)8-9-27(26)32-31(30)23-7-10-28(36-5)29(19-23)37-6/h7-10,19-22,24,32H,11-18H2,1-6H3. The summed E-state index contributed by atoms with van der Waals surface area (Å²) in [7, 11) is 3.37. The van der Waals surface area contributed by atoms with E-state index >= 15 is 0 Å². The zero-order chi connectivity index (χ0) is 26.1. The summed E-state index contributed by atoms with van der Waals surface area (Å²) < 4.78 is 11.0. The fourth-order valence-electron chi connectivity index (χ4n) is 6.32. The topological polar surface area (TPSA) is 44.0 Å². The van der Waals surface area contributed by atoms with E-state index in [9.17, 15) is 0 Å². The Balaban J connectivity index is 1.35. The van der Waals surface area contributed by atoms with E-state index in [1.807, 2.05) is 6.07 Å². The van der Waals surface area contributed by atoms with E-state index in [4.69, 9.17) is 9.47 Å². The molecule has 2 saturated heterocycles. The van der Waals surface area contributed by atoms with Gasteiger partial charge in [0.15, 0.2) is 11.5 Å². The first kappa shape index (κ1) is 25.9. The summed E-state index contributed by atoms with van der Waals surface area (Å²) in [5.74, 6) is 1.89. The third-order valence-corrected chi connectivity index (χ3v) is 8.50. The predicted molar refractivity (Wildman–Crippen MR) is 154 cm³/mol. The smallest absolute Gasteiger partial charge is 0.161 e. The molecule has 200 valence electrons. The lowest BCUT2D eigenvalue weighted by Gasteiger charge is -2.44. The maximum absolute atomic E-state index is 5.59. The van der Waals surface area contributed by atoms with Crippen molar-refractivity contribution in [3.63, 3.8) is 0 Å². The average Bonchev–Trinajstić information content (AvgIpc) is 3.32. The van der Waals surface area contributed by atoms with E-state index < -0.39 is 0 Å². The second-order valence-corrected chi connectivity index (χ2v) is 11.3. The Morgan fingerprint density at radius 2 is 1.51 bits per heavy atom. The first-order chi connectivity index (χ1) is 17.9. The summed E-state index contributed by atoms with van der Waals surface area (Å²) in [6.07, 6.45) is 2.50. The van der Waals surface area contributed by atoms with Crippen molar-refractivity contribution in [1.82, 2.24) is 14.8 Å². The van der Waals surface area contributed by atoms with Crippen LogP contribution in [-0.4, -0.2) is 80.4 Å². The highest BCUT2D eigenvalue weighted by atomic mass is 16.5. The first-order valence-corrected chi connectivity index (χ1v) is 14.0. The third-order valence-electron chi connectivity index (χ3n) is 8.50. The zero-order valence-corrected chi connectivity index (χ0v) is 23.5. The van der Waals surface area contributed by atoms with Crippen LogP contribution in [0, 0.1) is 0 Å². The molecule has 1 N–H and O–H groups in total. The number of methoxy groups -OCH3 is 2. The van der Waals surface area contributed by atoms with Gasteiger partial charge in [-0.1, -0.05) is 13.8 Å². The molecule has 0 saturated carbocycles. The number of hydrogen-bond acceptors (Lipinski definition) is 5. The van der Waals surface area contributed by atoms with Gasteiger partial charge in [0.05, 0.1) is 19.9 Å². The lowest BCUT2D eigenvalue weighted by molar-refractivity contribution is 0.0692. The predicted octanol–water partition coefficient (Wildman–Crippen LogP) is 5.97. The van der Waals surface area contributed by atoms with Crippen molar-refractivity contribution in [3.05, 3.63) is 42.0 Å². The Morgan fingerprint density at radius 1 is 0.811 bits per heavy atom. The fraction of sp³-hybridized carbons (Fsp3) is 0.548. The van der Waals surface area contributed by atoms with E-state index in [1.54, 1.807) is 14.2 Å². The highest BCUT2D eigenvalue weighted by molar-refractivity contribution is 5.93. The molecule has 0 radical (unpaired) electrons. The van der Waals surface area contributed by atoms with Gasteiger partial charge < -0.3 is 19.4 Å². The number of rotatable bonds is 7. The molecule has 5 rings (SSSR count). The number of nitrogens with zero attached hydrogens (tertiary/aromatic N) is 3. The lowest BCUT2D eigenvalue weighted by atomic mass is 9.95. The summed E-state index contributed by atoms with van der Waals surface area (Å²) in [6.45, 7) is 16.3. The minimum atomic E-state index is 0.391. The quantitative estimate of drug-likeness (QED) is 0.429. The van der Waals surface area contributed by atoms with Gasteiger partial charge >= 0.3 is 0 Å². The van der Waals surface area contributed by atoms with Crippen LogP contribution in [0.4, 0.5) is 5.69 Å². The van der Waals surface area contributed by atoms with Crippen molar-refractivity contribution in [2.24, 2.45) is 0 Å². The maximum Gasteiger partial charge on any atom is 0.161 e. The molecule has 2 aliphatic rings. The van der Waals surface area contributed by atoms with Crippen molar-refractivity contribution < 1.29 is 9.47 Å². The number of H-pyrrole nitrogens is 1. The van der Waals surface area contributed by atoms with Gasteiger partial charge in [-0.15, -0.1) is 0 Å². The number of piperazine rings is 1. The van der Waals surface area contributed by atoms with Crippen molar-refractivity contribution in [2.75, 3.05) is 58.4 Å². The van der Waals surface area contributed by atoms with Crippen molar-refractivity contribution in [3.8, 4) is 22.8 Å². The van der Waals surface area contributed by atoms with E-state index in [-0.39, 0.29) is 0 Å². The number of fused-ring (bicyclic) bond motifs is 1. The Kier molecular flexibility index (Phi) is 7.68. The molecule has 6 nitrogen and oxygen atoms in total. The zero-order valence-electron chi connectivity index (χ0n) is 23.5. The number of piperidine rings is 1. The number of hydrogen-bond donors (Lipinski definition) is 1. The van der Waals surface area contributed by atoms with Crippen LogP contribution in [0.15, 0.2) is 36.4 Å². The highest BCUT2D eigenvalue weighted by Crippen LogP contribution is 2.40. The molecule has 0 bridgehead atoms. The van der Waals surface area contributed by atoms with Gasteiger partial charge in [-0.05, 0) is 74.6 Å². The van der Waals surface area contributed by atoms with Crippen LogP contribution in [0.25, 0.3) is 22.2 Å². The van der Waals surface area contributed by atoms with Crippen molar-refractivity contribution in [2.45, 2.75) is 58.5 Å². The van der Waals surface area contributed by atoms with Gasteiger partial charge in [0.2, 0.25) is 0 Å². The molecule has 3 aromatic rings. The van der Waals surface area contributed by atoms with Crippen LogP contribution in [0.1, 0.15) is 52.0 Å². The summed E-state index contributed by atoms with van der Waals surface area (Å²) in [5.41, 5.74) is 6.19. The van der Waals surface area contributed by atoms with Gasteiger partial charge in [-0.2, -0.15) is 0 Å². The van der Waals surface area contributed by atoms with Crippen LogP contribution in [0.2, 0.25) is 0 Å². The highest BCUT2D eigenvalue weighted by Gasteiger charge is 2.28. The monoisotopic (exact) mass is 504 g/mol. The van der Waals surface area contributed by atoms with Crippen LogP contribution in [-0.2, 0) is 0 Å². The Hall–Kier alpha value is -2.70. The van der Waals surface area contributed by atoms with E-state index in [1.165, 1.54) is 66.9 Å². The van der Waals surface area contributed by atoms with Gasteiger partial charge in [0.1, 0.15) is 0 Å². The molecule has 2 aliphatic heterocycles. The number of ether oxygens (including phenoxy) is 2. The largest absolute Gasteiger partial charge is 0.493 e. The van der Waals surface area contributed by atoms with Gasteiger partial charge in [0, 0.05) is 73.5 Å². The van der Waals surface area contributed by atoms with E-state index in [0.717, 1.165) is 36.2 Å². The molecule has 0 unspecified atom stereocenters. The van der Waals surface area contributed by atoms with Gasteiger partial charge in [-0.3, -0.25) is 9.80 Å². The molecule has 1 aromatic heterocycles. The minimum absolute atomic E-state index is 0.391. The third kappa shape index (κ3) is 5.19. The second kappa shape index (κ2) is 11.0. The van der Waals surface area contributed by atoms with E-state index in [2.05, 4.69) is 77.7 Å². The molecule has 3 heterocycles. The molecule has 0 amide bonds. The van der Waals surface area contributed by atoms with Crippen molar-refractivity contribution >= 4 is 16.6 Å². The average molecular weight is 505 g/mol. The van der Waals surface area contributed by atoms with E-state index in [0.29, 0.717) is 12.0 Å². The van der Waals surface area contributed by atoms with Crippen LogP contribution < -0.4 is 14.4 Å². The molecule has 6 heteroatoms. The molecule has 37 heavy (non-hydrogen) atoms. The van der Waals surface area contributed by atoms with Crippen LogP contribution in [0.5, 0.6) is 11.5 Å². The molecule has 2 fully saturated rings. The fourth-order valence-corrected chi connectivity index (χ4v) is 6.32. The molecule has 2 aromatic carbocycles. The molecule has 0 spiro atoms. The summed E-state index contributed by atoms with van der Waals surface area (Å²) in [6, 6.07) is 14.5.